The fourth-order valence-corrected chi connectivity index (χ4v) is 2.88. The highest BCUT2D eigenvalue weighted by atomic mass is 16.5. The average Bonchev–Trinajstić information content (AvgIpc) is 2.48. The minimum absolute atomic E-state index is 0.174. The Morgan fingerprint density at radius 3 is 2.65 bits per heavy atom. The fraction of sp³-hybridized carbons (Fsp3) is 0.933. The minimum atomic E-state index is -0.265. The SMILES string of the molecule is CC(C)N(C)CC1CCN(C(=O)C2CNCCO2)CC1. The lowest BCUT2D eigenvalue weighted by molar-refractivity contribution is -0.146. The molecule has 2 aliphatic heterocycles. The van der Waals surface area contributed by atoms with Crippen LogP contribution in [0.25, 0.3) is 0 Å². The van der Waals surface area contributed by atoms with Crippen LogP contribution in [0.15, 0.2) is 0 Å². The van der Waals surface area contributed by atoms with Crippen molar-refractivity contribution in [1.82, 2.24) is 15.1 Å². The third kappa shape index (κ3) is 4.17. The minimum Gasteiger partial charge on any atom is -0.366 e. The van der Waals surface area contributed by atoms with Gasteiger partial charge in [0.25, 0.3) is 5.91 Å². The first-order valence-electron chi connectivity index (χ1n) is 7.89. The summed E-state index contributed by atoms with van der Waals surface area (Å²) in [7, 11) is 2.18. The quantitative estimate of drug-likeness (QED) is 0.818. The number of rotatable bonds is 4. The standard InChI is InChI=1S/C15H29N3O2/c1-12(2)17(3)11-13-4-7-18(8-5-13)15(19)14-10-16-6-9-20-14/h12-14,16H,4-11H2,1-3H3. The smallest absolute Gasteiger partial charge is 0.253 e. The number of nitrogens with one attached hydrogen (secondary N) is 1. The average molecular weight is 283 g/mol. The normalized spacial score (nSPS) is 25.4. The highest BCUT2D eigenvalue weighted by Crippen LogP contribution is 2.20. The van der Waals surface area contributed by atoms with Crippen molar-refractivity contribution in [1.29, 1.82) is 0 Å². The Morgan fingerprint density at radius 2 is 2.10 bits per heavy atom. The van der Waals surface area contributed by atoms with Crippen molar-refractivity contribution in [3.63, 3.8) is 0 Å². The van der Waals surface area contributed by atoms with Gasteiger partial charge in [-0.2, -0.15) is 0 Å². The van der Waals surface area contributed by atoms with Crippen molar-refractivity contribution in [2.75, 3.05) is 46.4 Å². The van der Waals surface area contributed by atoms with Gasteiger partial charge in [-0.1, -0.05) is 0 Å². The van der Waals surface area contributed by atoms with Crippen molar-refractivity contribution in [3.05, 3.63) is 0 Å². The maximum absolute atomic E-state index is 12.3. The maximum Gasteiger partial charge on any atom is 0.253 e. The second kappa shape index (κ2) is 7.38. The lowest BCUT2D eigenvalue weighted by Crippen LogP contribution is -2.51. The largest absolute Gasteiger partial charge is 0.366 e. The third-order valence-corrected chi connectivity index (χ3v) is 4.56. The van der Waals surface area contributed by atoms with Gasteiger partial charge in [0.2, 0.25) is 0 Å². The molecule has 1 N–H and O–H groups in total. The van der Waals surface area contributed by atoms with E-state index < -0.39 is 0 Å². The highest BCUT2D eigenvalue weighted by Gasteiger charge is 2.30. The van der Waals surface area contributed by atoms with Crippen LogP contribution < -0.4 is 5.32 Å². The van der Waals surface area contributed by atoms with E-state index in [1.807, 2.05) is 4.90 Å². The van der Waals surface area contributed by atoms with Crippen molar-refractivity contribution in [2.45, 2.75) is 38.8 Å². The summed E-state index contributed by atoms with van der Waals surface area (Å²) in [5.41, 5.74) is 0. The Morgan fingerprint density at radius 1 is 1.40 bits per heavy atom. The number of carbonyl (C=O) groups is 1. The molecule has 20 heavy (non-hydrogen) atoms. The summed E-state index contributed by atoms with van der Waals surface area (Å²) in [6.45, 7) is 9.53. The van der Waals surface area contributed by atoms with Gasteiger partial charge >= 0.3 is 0 Å². The van der Waals surface area contributed by atoms with Crippen LogP contribution in [-0.2, 0) is 9.53 Å². The first-order valence-corrected chi connectivity index (χ1v) is 7.89. The molecule has 0 saturated carbocycles. The van der Waals surface area contributed by atoms with Gasteiger partial charge in [-0.25, -0.2) is 0 Å². The molecule has 2 aliphatic rings. The molecule has 0 radical (unpaired) electrons. The Hall–Kier alpha value is -0.650. The zero-order chi connectivity index (χ0) is 14.5. The molecule has 1 amide bonds. The molecule has 0 aromatic rings. The van der Waals surface area contributed by atoms with Crippen LogP contribution in [0.4, 0.5) is 0 Å². The number of hydrogen-bond donors (Lipinski definition) is 1. The molecule has 2 rings (SSSR count). The van der Waals surface area contributed by atoms with Crippen molar-refractivity contribution >= 4 is 5.91 Å². The summed E-state index contributed by atoms with van der Waals surface area (Å²) in [5.74, 6) is 0.893. The van der Waals surface area contributed by atoms with Gasteiger partial charge < -0.3 is 19.9 Å². The first kappa shape index (κ1) is 15.7. The van der Waals surface area contributed by atoms with E-state index in [2.05, 4.69) is 31.1 Å². The van der Waals surface area contributed by atoms with Crippen LogP contribution in [-0.4, -0.2) is 74.2 Å². The van der Waals surface area contributed by atoms with E-state index in [0.29, 0.717) is 19.2 Å². The molecule has 0 spiro atoms. The molecule has 116 valence electrons. The molecule has 2 heterocycles. The summed E-state index contributed by atoms with van der Waals surface area (Å²) in [6.07, 6.45) is 1.96. The Labute approximate surface area is 122 Å². The monoisotopic (exact) mass is 283 g/mol. The van der Waals surface area contributed by atoms with E-state index in [4.69, 9.17) is 4.74 Å². The highest BCUT2D eigenvalue weighted by molar-refractivity contribution is 5.81. The molecule has 0 aliphatic carbocycles. The third-order valence-electron chi connectivity index (χ3n) is 4.56. The number of hydrogen-bond acceptors (Lipinski definition) is 4. The molecule has 2 fully saturated rings. The summed E-state index contributed by atoms with van der Waals surface area (Å²) in [6, 6.07) is 0.594. The van der Waals surface area contributed by atoms with Gasteiger partial charge in [-0.3, -0.25) is 4.79 Å². The van der Waals surface area contributed by atoms with Crippen LogP contribution in [0, 0.1) is 5.92 Å². The molecule has 5 heteroatoms. The summed E-state index contributed by atoms with van der Waals surface area (Å²) in [4.78, 5) is 16.7. The van der Waals surface area contributed by atoms with Gasteiger partial charge in [0.15, 0.2) is 0 Å². The Kier molecular flexibility index (Phi) is 5.81. The predicted molar refractivity (Wildman–Crippen MR) is 79.7 cm³/mol. The molecule has 2 saturated heterocycles. The van der Waals surface area contributed by atoms with Crippen LogP contribution in [0.1, 0.15) is 26.7 Å². The van der Waals surface area contributed by atoms with Gasteiger partial charge in [0.1, 0.15) is 6.10 Å². The molecule has 1 atom stereocenters. The van der Waals surface area contributed by atoms with Gasteiger partial charge in [-0.15, -0.1) is 0 Å². The van der Waals surface area contributed by atoms with Crippen LogP contribution >= 0.6 is 0 Å². The number of carbonyl (C=O) groups excluding carboxylic acids is 1. The zero-order valence-electron chi connectivity index (χ0n) is 13.1. The maximum atomic E-state index is 12.3. The molecular weight excluding hydrogens is 254 g/mol. The van der Waals surface area contributed by atoms with Crippen LogP contribution in [0.2, 0.25) is 0 Å². The Bertz CT molecular complexity index is 308. The Balaban J connectivity index is 1.74. The molecular formula is C15H29N3O2. The van der Waals surface area contributed by atoms with Crippen LogP contribution in [0.5, 0.6) is 0 Å². The topological polar surface area (TPSA) is 44.8 Å². The number of piperidine rings is 1. The van der Waals surface area contributed by atoms with Crippen molar-refractivity contribution in [2.24, 2.45) is 5.92 Å². The number of ether oxygens (including phenoxy) is 1. The first-order chi connectivity index (χ1) is 9.58. The fourth-order valence-electron chi connectivity index (χ4n) is 2.88. The van der Waals surface area contributed by atoms with Gasteiger partial charge in [0, 0.05) is 38.8 Å². The van der Waals surface area contributed by atoms with Crippen molar-refractivity contribution < 1.29 is 9.53 Å². The number of nitrogens with zero attached hydrogens (tertiary/aromatic N) is 2. The molecule has 0 aromatic carbocycles. The van der Waals surface area contributed by atoms with Gasteiger partial charge in [0.05, 0.1) is 6.61 Å². The number of morpholine rings is 1. The number of likely N-dealkylation sites (tertiary alicyclic amines) is 1. The van der Waals surface area contributed by atoms with Gasteiger partial charge in [-0.05, 0) is 39.7 Å². The summed E-state index contributed by atoms with van der Waals surface area (Å²) in [5, 5.41) is 3.22. The molecule has 5 nitrogen and oxygen atoms in total. The van der Waals surface area contributed by atoms with Crippen molar-refractivity contribution in [3.8, 4) is 0 Å². The van der Waals surface area contributed by atoms with E-state index in [0.717, 1.165) is 44.9 Å². The van der Waals surface area contributed by atoms with E-state index in [1.54, 1.807) is 0 Å². The lowest BCUT2D eigenvalue weighted by Gasteiger charge is -2.37. The lowest BCUT2D eigenvalue weighted by atomic mass is 9.95. The van der Waals surface area contributed by atoms with E-state index >= 15 is 0 Å². The second-order valence-corrected chi connectivity index (χ2v) is 6.37. The van der Waals surface area contributed by atoms with E-state index in [1.165, 1.54) is 0 Å². The number of amides is 1. The summed E-state index contributed by atoms with van der Waals surface area (Å²) < 4.78 is 5.55. The zero-order valence-corrected chi connectivity index (χ0v) is 13.1. The second-order valence-electron chi connectivity index (χ2n) is 6.37. The predicted octanol–water partition coefficient (Wildman–Crippen LogP) is 0.554. The molecule has 0 bridgehead atoms. The van der Waals surface area contributed by atoms with E-state index in [-0.39, 0.29) is 12.0 Å². The summed E-state index contributed by atoms with van der Waals surface area (Å²) >= 11 is 0. The van der Waals surface area contributed by atoms with Crippen LogP contribution in [0.3, 0.4) is 0 Å². The molecule has 0 aromatic heterocycles. The van der Waals surface area contributed by atoms with E-state index in [9.17, 15) is 4.79 Å². The molecule has 1 unspecified atom stereocenters.